The molecule has 1 atom stereocenters. The highest BCUT2D eigenvalue weighted by atomic mass is 35.5. The highest BCUT2D eigenvalue weighted by molar-refractivity contribution is 6.31. The van der Waals surface area contributed by atoms with Crippen LogP contribution in [0.25, 0.3) is 0 Å². The molecule has 0 amide bonds. The van der Waals surface area contributed by atoms with Crippen molar-refractivity contribution in [1.29, 1.82) is 0 Å². The Kier molecular flexibility index (Phi) is 4.91. The fourth-order valence-corrected chi connectivity index (χ4v) is 2.06. The zero-order valence-electron chi connectivity index (χ0n) is 10.3. The van der Waals surface area contributed by atoms with Crippen molar-refractivity contribution in [3.63, 3.8) is 0 Å². The average molecular weight is 280 g/mol. The van der Waals surface area contributed by atoms with E-state index in [1.807, 2.05) is 30.3 Å². The van der Waals surface area contributed by atoms with E-state index in [0.717, 1.165) is 5.56 Å². The smallest absolute Gasteiger partial charge is 0.129 e. The Bertz CT molecular complexity index is 513. The SMILES string of the molecule is OC(CNCc1c(F)cccc1Cl)c1ccccc1. The van der Waals surface area contributed by atoms with Crippen LogP contribution in [-0.4, -0.2) is 11.7 Å². The lowest BCUT2D eigenvalue weighted by Crippen LogP contribution is -2.21. The largest absolute Gasteiger partial charge is 0.387 e. The van der Waals surface area contributed by atoms with E-state index in [0.29, 0.717) is 17.1 Å². The molecule has 0 saturated carbocycles. The van der Waals surface area contributed by atoms with Gasteiger partial charge in [-0.25, -0.2) is 4.39 Å². The molecule has 0 saturated heterocycles. The number of hydrogen-bond acceptors (Lipinski definition) is 2. The van der Waals surface area contributed by atoms with Gasteiger partial charge < -0.3 is 10.4 Å². The van der Waals surface area contributed by atoms with Crippen LogP contribution in [0.2, 0.25) is 5.02 Å². The number of aliphatic hydroxyl groups is 1. The van der Waals surface area contributed by atoms with Gasteiger partial charge in [-0.2, -0.15) is 0 Å². The molecule has 2 N–H and O–H groups in total. The number of nitrogens with one attached hydrogen (secondary N) is 1. The number of aliphatic hydroxyl groups excluding tert-OH is 1. The highest BCUT2D eigenvalue weighted by Crippen LogP contribution is 2.19. The minimum atomic E-state index is -0.619. The van der Waals surface area contributed by atoms with Crippen molar-refractivity contribution in [3.8, 4) is 0 Å². The third-order valence-electron chi connectivity index (χ3n) is 2.89. The van der Waals surface area contributed by atoms with Gasteiger partial charge in [-0.1, -0.05) is 48.0 Å². The predicted molar refractivity (Wildman–Crippen MR) is 74.5 cm³/mol. The third-order valence-corrected chi connectivity index (χ3v) is 3.24. The second kappa shape index (κ2) is 6.66. The first-order chi connectivity index (χ1) is 9.18. The van der Waals surface area contributed by atoms with Crippen LogP contribution in [-0.2, 0) is 6.54 Å². The minimum Gasteiger partial charge on any atom is -0.387 e. The summed E-state index contributed by atoms with van der Waals surface area (Å²) in [6.07, 6.45) is -0.619. The van der Waals surface area contributed by atoms with Gasteiger partial charge in [0.05, 0.1) is 6.10 Å². The second-order valence-electron chi connectivity index (χ2n) is 4.26. The zero-order chi connectivity index (χ0) is 13.7. The molecular formula is C15H15ClFNO. The predicted octanol–water partition coefficient (Wildman–Crippen LogP) is 3.30. The molecule has 0 fully saturated rings. The van der Waals surface area contributed by atoms with Gasteiger partial charge in [0.2, 0.25) is 0 Å². The standard InChI is InChI=1S/C15H15ClFNO/c16-13-7-4-8-14(17)12(13)9-18-10-15(19)11-5-2-1-3-6-11/h1-8,15,18-19H,9-10H2. The first-order valence-electron chi connectivity index (χ1n) is 6.05. The van der Waals surface area contributed by atoms with Crippen molar-refractivity contribution in [2.24, 2.45) is 0 Å². The molecule has 0 spiro atoms. The Morgan fingerprint density at radius 3 is 2.53 bits per heavy atom. The van der Waals surface area contributed by atoms with Crippen molar-refractivity contribution in [2.75, 3.05) is 6.54 Å². The van der Waals surface area contributed by atoms with E-state index in [-0.39, 0.29) is 12.4 Å². The molecule has 0 heterocycles. The van der Waals surface area contributed by atoms with Crippen molar-refractivity contribution < 1.29 is 9.50 Å². The fourth-order valence-electron chi connectivity index (χ4n) is 1.83. The van der Waals surface area contributed by atoms with Crippen LogP contribution in [0.1, 0.15) is 17.2 Å². The third kappa shape index (κ3) is 3.77. The summed E-state index contributed by atoms with van der Waals surface area (Å²) < 4.78 is 13.5. The van der Waals surface area contributed by atoms with Crippen LogP contribution in [0, 0.1) is 5.82 Å². The Morgan fingerprint density at radius 2 is 1.84 bits per heavy atom. The summed E-state index contributed by atoms with van der Waals surface area (Å²) in [5.41, 5.74) is 1.25. The first-order valence-corrected chi connectivity index (χ1v) is 6.43. The first kappa shape index (κ1) is 14.0. The molecule has 2 rings (SSSR count). The van der Waals surface area contributed by atoms with E-state index in [1.54, 1.807) is 12.1 Å². The summed E-state index contributed by atoms with van der Waals surface area (Å²) in [5.74, 6) is -0.339. The molecule has 0 radical (unpaired) electrons. The van der Waals surface area contributed by atoms with Gasteiger partial charge in [0, 0.05) is 23.7 Å². The van der Waals surface area contributed by atoms with Crippen LogP contribution in [0.15, 0.2) is 48.5 Å². The maximum absolute atomic E-state index is 13.5. The molecule has 19 heavy (non-hydrogen) atoms. The summed E-state index contributed by atoms with van der Waals surface area (Å²) in [4.78, 5) is 0. The number of rotatable bonds is 5. The number of hydrogen-bond donors (Lipinski definition) is 2. The molecule has 100 valence electrons. The topological polar surface area (TPSA) is 32.3 Å². The van der Waals surface area contributed by atoms with Gasteiger partial charge in [0.15, 0.2) is 0 Å². The molecule has 4 heteroatoms. The van der Waals surface area contributed by atoms with Crippen molar-refractivity contribution in [1.82, 2.24) is 5.32 Å². The minimum absolute atomic E-state index is 0.287. The molecule has 2 aromatic rings. The van der Waals surface area contributed by atoms with Crippen LogP contribution in [0.5, 0.6) is 0 Å². The molecule has 2 aromatic carbocycles. The van der Waals surface area contributed by atoms with Crippen LogP contribution >= 0.6 is 11.6 Å². The zero-order valence-corrected chi connectivity index (χ0v) is 11.1. The molecule has 0 aromatic heterocycles. The Balaban J connectivity index is 1.90. The van der Waals surface area contributed by atoms with Crippen molar-refractivity contribution in [2.45, 2.75) is 12.6 Å². The van der Waals surface area contributed by atoms with Crippen LogP contribution in [0.3, 0.4) is 0 Å². The van der Waals surface area contributed by atoms with E-state index in [2.05, 4.69) is 5.32 Å². The number of halogens is 2. The van der Waals surface area contributed by atoms with E-state index in [1.165, 1.54) is 6.07 Å². The summed E-state index contributed by atoms with van der Waals surface area (Å²) >= 11 is 5.92. The normalized spacial score (nSPS) is 12.4. The lowest BCUT2D eigenvalue weighted by atomic mass is 10.1. The summed E-state index contributed by atoms with van der Waals surface area (Å²) in [7, 11) is 0. The van der Waals surface area contributed by atoms with E-state index in [4.69, 9.17) is 11.6 Å². The second-order valence-corrected chi connectivity index (χ2v) is 4.66. The molecule has 0 bridgehead atoms. The Morgan fingerprint density at radius 1 is 1.11 bits per heavy atom. The molecule has 0 aliphatic rings. The fraction of sp³-hybridized carbons (Fsp3) is 0.200. The maximum atomic E-state index is 13.5. The van der Waals surface area contributed by atoms with E-state index < -0.39 is 6.10 Å². The quantitative estimate of drug-likeness (QED) is 0.880. The molecule has 0 aliphatic heterocycles. The Labute approximate surface area is 116 Å². The monoisotopic (exact) mass is 279 g/mol. The van der Waals surface area contributed by atoms with Crippen LogP contribution in [0.4, 0.5) is 4.39 Å². The lowest BCUT2D eigenvalue weighted by Gasteiger charge is -2.13. The van der Waals surface area contributed by atoms with Gasteiger partial charge >= 0.3 is 0 Å². The summed E-state index contributed by atoms with van der Waals surface area (Å²) in [6.45, 7) is 0.629. The molecule has 0 aliphatic carbocycles. The molecule has 1 unspecified atom stereocenters. The van der Waals surface area contributed by atoms with Gasteiger partial charge in [-0.15, -0.1) is 0 Å². The van der Waals surface area contributed by atoms with E-state index in [9.17, 15) is 9.50 Å². The lowest BCUT2D eigenvalue weighted by molar-refractivity contribution is 0.174. The highest BCUT2D eigenvalue weighted by Gasteiger charge is 2.09. The molecular weight excluding hydrogens is 265 g/mol. The van der Waals surface area contributed by atoms with Gasteiger partial charge in [0.1, 0.15) is 5.82 Å². The van der Waals surface area contributed by atoms with Crippen molar-refractivity contribution in [3.05, 3.63) is 70.5 Å². The molecule has 2 nitrogen and oxygen atoms in total. The van der Waals surface area contributed by atoms with Gasteiger partial charge in [-0.05, 0) is 17.7 Å². The van der Waals surface area contributed by atoms with Crippen molar-refractivity contribution >= 4 is 11.6 Å². The summed E-state index contributed by atoms with van der Waals surface area (Å²) in [6, 6.07) is 13.9. The number of benzene rings is 2. The Hall–Kier alpha value is -1.42. The van der Waals surface area contributed by atoms with Gasteiger partial charge in [0.25, 0.3) is 0 Å². The van der Waals surface area contributed by atoms with Gasteiger partial charge in [-0.3, -0.25) is 0 Å². The van der Waals surface area contributed by atoms with E-state index >= 15 is 0 Å². The maximum Gasteiger partial charge on any atom is 0.129 e. The average Bonchev–Trinajstić information content (AvgIpc) is 2.43. The van der Waals surface area contributed by atoms with Crippen LogP contribution < -0.4 is 5.32 Å². The summed E-state index contributed by atoms with van der Waals surface area (Å²) in [5, 5.41) is 13.3.